The van der Waals surface area contributed by atoms with Gasteiger partial charge in [0.05, 0.1) is 11.4 Å². The van der Waals surface area contributed by atoms with Gasteiger partial charge < -0.3 is 5.32 Å². The largest absolute Gasteiger partial charge is 0.308 e. The van der Waals surface area contributed by atoms with E-state index in [9.17, 15) is 0 Å². The average molecular weight is 249 g/mol. The van der Waals surface area contributed by atoms with Gasteiger partial charge in [-0.05, 0) is 38.2 Å². The van der Waals surface area contributed by atoms with E-state index in [1.54, 1.807) is 0 Å². The van der Waals surface area contributed by atoms with E-state index < -0.39 is 0 Å². The summed E-state index contributed by atoms with van der Waals surface area (Å²) >= 11 is 0. The third-order valence-corrected chi connectivity index (χ3v) is 4.35. The minimum atomic E-state index is 0.630. The molecule has 1 heterocycles. The van der Waals surface area contributed by atoms with E-state index in [1.165, 1.54) is 43.5 Å². The zero-order chi connectivity index (χ0) is 13.0. The van der Waals surface area contributed by atoms with Gasteiger partial charge in [0.15, 0.2) is 0 Å². The van der Waals surface area contributed by atoms with Crippen molar-refractivity contribution in [3.8, 4) is 0 Å². The molecule has 102 valence electrons. The second-order valence-corrected chi connectivity index (χ2v) is 5.67. The highest BCUT2D eigenvalue weighted by atomic mass is 15.3. The van der Waals surface area contributed by atoms with Crippen LogP contribution in [0.2, 0.25) is 0 Å². The Labute approximate surface area is 111 Å². The molecule has 0 aliphatic heterocycles. The summed E-state index contributed by atoms with van der Waals surface area (Å²) in [6, 6.07) is 2.85. The molecule has 0 spiro atoms. The molecule has 1 aromatic heterocycles. The molecule has 3 nitrogen and oxygen atoms in total. The zero-order valence-corrected chi connectivity index (χ0v) is 12.1. The molecule has 1 N–H and O–H groups in total. The topological polar surface area (TPSA) is 29.9 Å². The van der Waals surface area contributed by atoms with Gasteiger partial charge in [0, 0.05) is 19.6 Å². The van der Waals surface area contributed by atoms with Crippen LogP contribution in [0.1, 0.15) is 57.3 Å². The Morgan fingerprint density at radius 3 is 2.72 bits per heavy atom. The molecule has 0 unspecified atom stereocenters. The van der Waals surface area contributed by atoms with Gasteiger partial charge in [-0.15, -0.1) is 0 Å². The lowest BCUT2D eigenvalue weighted by Gasteiger charge is -2.28. The molecule has 1 saturated carbocycles. The first kappa shape index (κ1) is 13.6. The lowest BCUT2D eigenvalue weighted by molar-refractivity contribution is 0.279. The maximum atomic E-state index is 4.50. The van der Waals surface area contributed by atoms with Crippen LogP contribution in [-0.2, 0) is 20.0 Å². The van der Waals surface area contributed by atoms with E-state index in [0.29, 0.717) is 6.04 Å². The molecule has 1 atom stereocenters. The van der Waals surface area contributed by atoms with Crippen molar-refractivity contribution in [1.29, 1.82) is 0 Å². The molecule has 1 aromatic rings. The molecule has 0 saturated heterocycles. The lowest BCUT2D eigenvalue weighted by Crippen LogP contribution is -2.34. The second-order valence-electron chi connectivity index (χ2n) is 5.67. The van der Waals surface area contributed by atoms with Crippen molar-refractivity contribution in [2.24, 2.45) is 13.0 Å². The van der Waals surface area contributed by atoms with Crippen LogP contribution in [0.5, 0.6) is 0 Å². The summed E-state index contributed by atoms with van der Waals surface area (Å²) < 4.78 is 2.01. The van der Waals surface area contributed by atoms with Gasteiger partial charge in [-0.25, -0.2) is 0 Å². The molecule has 1 aliphatic carbocycles. The first-order valence-corrected chi connectivity index (χ1v) is 7.46. The average Bonchev–Trinajstić information content (AvgIpc) is 2.77. The number of aromatic nitrogens is 2. The zero-order valence-electron chi connectivity index (χ0n) is 12.1. The van der Waals surface area contributed by atoms with Crippen LogP contribution in [-0.4, -0.2) is 15.8 Å². The summed E-state index contributed by atoms with van der Waals surface area (Å²) in [5, 5.41) is 8.18. The monoisotopic (exact) mass is 249 g/mol. The van der Waals surface area contributed by atoms with Crippen LogP contribution < -0.4 is 5.32 Å². The van der Waals surface area contributed by atoms with Crippen LogP contribution in [0.25, 0.3) is 0 Å². The summed E-state index contributed by atoms with van der Waals surface area (Å²) in [6.07, 6.45) is 8.10. The standard InChI is InChI=1S/C15H27N3/c1-4-14-10-15(18(3)17-14)11-16-12(2)13-8-6-5-7-9-13/h10,12-13,16H,4-9,11H2,1-3H3/t12-/m0/s1. The predicted molar refractivity (Wildman–Crippen MR) is 75.5 cm³/mol. The van der Waals surface area contributed by atoms with Crippen LogP contribution in [0.4, 0.5) is 0 Å². The number of aryl methyl sites for hydroxylation is 2. The van der Waals surface area contributed by atoms with Gasteiger partial charge in [0.1, 0.15) is 0 Å². The van der Waals surface area contributed by atoms with Gasteiger partial charge in [-0.2, -0.15) is 5.10 Å². The van der Waals surface area contributed by atoms with Crippen LogP contribution >= 0.6 is 0 Å². The van der Waals surface area contributed by atoms with Gasteiger partial charge in [-0.1, -0.05) is 26.2 Å². The Kier molecular flexibility index (Phi) is 4.81. The Balaban J connectivity index is 1.84. The maximum absolute atomic E-state index is 4.50. The maximum Gasteiger partial charge on any atom is 0.0625 e. The molecule has 0 aromatic carbocycles. The Morgan fingerprint density at radius 1 is 1.39 bits per heavy atom. The van der Waals surface area contributed by atoms with Gasteiger partial charge in [0.25, 0.3) is 0 Å². The number of nitrogens with one attached hydrogen (secondary N) is 1. The highest BCUT2D eigenvalue weighted by Gasteiger charge is 2.19. The number of rotatable bonds is 5. The summed E-state index contributed by atoms with van der Waals surface area (Å²) in [7, 11) is 2.04. The van der Waals surface area contributed by atoms with Crippen LogP contribution in [0.3, 0.4) is 0 Å². The van der Waals surface area contributed by atoms with Crippen molar-refractivity contribution < 1.29 is 0 Å². The predicted octanol–water partition coefficient (Wildman–Crippen LogP) is 3.04. The normalized spacial score (nSPS) is 19.1. The minimum absolute atomic E-state index is 0.630. The van der Waals surface area contributed by atoms with Crippen LogP contribution in [0, 0.1) is 5.92 Å². The molecule has 1 aliphatic rings. The van der Waals surface area contributed by atoms with E-state index in [0.717, 1.165) is 18.9 Å². The van der Waals surface area contributed by atoms with Gasteiger partial charge in [-0.3, -0.25) is 4.68 Å². The van der Waals surface area contributed by atoms with Crippen molar-refractivity contribution >= 4 is 0 Å². The van der Waals surface area contributed by atoms with E-state index in [4.69, 9.17) is 0 Å². The van der Waals surface area contributed by atoms with Crippen molar-refractivity contribution in [3.63, 3.8) is 0 Å². The van der Waals surface area contributed by atoms with E-state index in [-0.39, 0.29) is 0 Å². The fraction of sp³-hybridized carbons (Fsp3) is 0.800. The third-order valence-electron chi connectivity index (χ3n) is 4.35. The number of hydrogen-bond donors (Lipinski definition) is 1. The first-order valence-electron chi connectivity index (χ1n) is 7.46. The second kappa shape index (κ2) is 6.37. The molecule has 0 radical (unpaired) electrons. The van der Waals surface area contributed by atoms with E-state index >= 15 is 0 Å². The highest BCUT2D eigenvalue weighted by Crippen LogP contribution is 2.26. The van der Waals surface area contributed by atoms with Gasteiger partial charge in [0.2, 0.25) is 0 Å². The Hall–Kier alpha value is -0.830. The third kappa shape index (κ3) is 3.35. The fourth-order valence-corrected chi connectivity index (χ4v) is 2.98. The molecule has 1 fully saturated rings. The fourth-order valence-electron chi connectivity index (χ4n) is 2.98. The Bertz CT molecular complexity index is 364. The molecular formula is C15H27N3. The Morgan fingerprint density at radius 2 is 2.11 bits per heavy atom. The van der Waals surface area contributed by atoms with Crippen LogP contribution in [0.15, 0.2) is 6.07 Å². The summed E-state index contributed by atoms with van der Waals surface area (Å²) in [6.45, 7) is 5.44. The van der Waals surface area contributed by atoms with E-state index in [1.807, 2.05) is 11.7 Å². The molecule has 0 bridgehead atoms. The smallest absolute Gasteiger partial charge is 0.0625 e. The first-order chi connectivity index (χ1) is 8.70. The highest BCUT2D eigenvalue weighted by molar-refractivity contribution is 5.10. The van der Waals surface area contributed by atoms with Crippen molar-refractivity contribution in [3.05, 3.63) is 17.5 Å². The lowest BCUT2D eigenvalue weighted by atomic mass is 9.84. The SMILES string of the molecule is CCc1cc(CN[C@@H](C)C2CCCCC2)n(C)n1. The summed E-state index contributed by atoms with van der Waals surface area (Å²) in [5.41, 5.74) is 2.49. The summed E-state index contributed by atoms with van der Waals surface area (Å²) in [4.78, 5) is 0. The van der Waals surface area contributed by atoms with Crippen molar-refractivity contribution in [2.75, 3.05) is 0 Å². The minimum Gasteiger partial charge on any atom is -0.308 e. The number of hydrogen-bond acceptors (Lipinski definition) is 2. The number of nitrogens with zero attached hydrogens (tertiary/aromatic N) is 2. The molecule has 2 rings (SSSR count). The molecule has 0 amide bonds. The summed E-state index contributed by atoms with van der Waals surface area (Å²) in [5.74, 6) is 0.873. The van der Waals surface area contributed by atoms with Gasteiger partial charge >= 0.3 is 0 Å². The van der Waals surface area contributed by atoms with Crippen molar-refractivity contribution in [2.45, 2.75) is 65.0 Å². The quantitative estimate of drug-likeness (QED) is 0.869. The molecule has 18 heavy (non-hydrogen) atoms. The molecular weight excluding hydrogens is 222 g/mol. The van der Waals surface area contributed by atoms with E-state index in [2.05, 4.69) is 30.3 Å². The molecule has 3 heteroatoms. The van der Waals surface area contributed by atoms with Crippen molar-refractivity contribution in [1.82, 2.24) is 15.1 Å².